The summed E-state index contributed by atoms with van der Waals surface area (Å²) in [7, 11) is 0. The van der Waals surface area contributed by atoms with E-state index in [0.717, 1.165) is 16.2 Å². The van der Waals surface area contributed by atoms with E-state index in [0.29, 0.717) is 5.69 Å². The molecule has 3 aromatic rings. The number of nitrogens with zero attached hydrogens (tertiary/aromatic N) is 4. The molecular formula is C19H13N5O4. The summed E-state index contributed by atoms with van der Waals surface area (Å²) in [5.41, 5.74) is 0.678. The second-order valence-corrected chi connectivity index (χ2v) is 5.75. The highest BCUT2D eigenvalue weighted by Crippen LogP contribution is 2.21. The normalized spacial score (nSPS) is 10.1. The number of carbonyl (C=O) groups excluding carboxylic acids is 1. The lowest BCUT2D eigenvalue weighted by Gasteiger charge is -2.09. The second kappa shape index (κ2) is 7.92. The molecule has 1 aromatic heterocycles. The third-order valence-corrected chi connectivity index (χ3v) is 3.87. The van der Waals surface area contributed by atoms with Crippen LogP contribution in [0.1, 0.15) is 5.56 Å². The Balaban J connectivity index is 1.76. The predicted molar refractivity (Wildman–Crippen MR) is 100 cm³/mol. The van der Waals surface area contributed by atoms with Crippen molar-refractivity contribution in [3.05, 3.63) is 87.0 Å². The molecule has 0 aliphatic carbocycles. The van der Waals surface area contributed by atoms with E-state index >= 15 is 0 Å². The van der Waals surface area contributed by atoms with E-state index in [4.69, 9.17) is 5.26 Å². The molecule has 1 amide bonds. The highest BCUT2D eigenvalue weighted by atomic mass is 16.6. The number of anilines is 1. The first-order valence-electron chi connectivity index (χ1n) is 8.08. The average Bonchev–Trinajstić information content (AvgIpc) is 2.70. The first-order chi connectivity index (χ1) is 13.5. The molecule has 0 unspecified atom stereocenters. The summed E-state index contributed by atoms with van der Waals surface area (Å²) in [4.78, 5) is 38.8. The van der Waals surface area contributed by atoms with E-state index in [1.54, 1.807) is 6.07 Å². The lowest BCUT2D eigenvalue weighted by molar-refractivity contribution is -0.384. The Bertz CT molecular complexity index is 1150. The van der Waals surface area contributed by atoms with E-state index in [9.17, 15) is 19.7 Å². The van der Waals surface area contributed by atoms with Crippen LogP contribution in [0.15, 0.2) is 65.7 Å². The largest absolute Gasteiger partial charge is 0.323 e. The van der Waals surface area contributed by atoms with Gasteiger partial charge in [-0.25, -0.2) is 4.98 Å². The summed E-state index contributed by atoms with van der Waals surface area (Å²) in [6, 6.07) is 15.8. The number of hydrogen-bond donors (Lipinski definition) is 1. The van der Waals surface area contributed by atoms with Crippen molar-refractivity contribution in [2.45, 2.75) is 6.54 Å². The molecule has 1 heterocycles. The Morgan fingerprint density at radius 3 is 2.61 bits per heavy atom. The van der Waals surface area contributed by atoms with Gasteiger partial charge in [-0.2, -0.15) is 5.26 Å². The zero-order chi connectivity index (χ0) is 20.1. The molecule has 9 nitrogen and oxygen atoms in total. The Morgan fingerprint density at radius 2 is 1.96 bits per heavy atom. The monoisotopic (exact) mass is 375 g/mol. The van der Waals surface area contributed by atoms with Gasteiger partial charge in [-0.05, 0) is 6.07 Å². The predicted octanol–water partition coefficient (Wildman–Crippen LogP) is 2.33. The van der Waals surface area contributed by atoms with E-state index < -0.39 is 16.4 Å². The quantitative estimate of drug-likeness (QED) is 0.538. The molecule has 0 bridgehead atoms. The van der Waals surface area contributed by atoms with Crippen LogP contribution in [-0.2, 0) is 11.3 Å². The molecule has 1 N–H and O–H groups in total. The van der Waals surface area contributed by atoms with Gasteiger partial charge in [-0.3, -0.25) is 24.3 Å². The summed E-state index contributed by atoms with van der Waals surface area (Å²) in [5.74, 6) is -0.568. The van der Waals surface area contributed by atoms with Crippen LogP contribution in [0.2, 0.25) is 0 Å². The third kappa shape index (κ3) is 4.08. The van der Waals surface area contributed by atoms with Crippen molar-refractivity contribution in [3.63, 3.8) is 0 Å². The van der Waals surface area contributed by atoms with Crippen molar-refractivity contribution in [1.29, 1.82) is 5.26 Å². The zero-order valence-corrected chi connectivity index (χ0v) is 14.4. The smallest absolute Gasteiger partial charge is 0.270 e. The zero-order valence-electron chi connectivity index (χ0n) is 14.4. The van der Waals surface area contributed by atoms with E-state index in [1.165, 1.54) is 24.5 Å². The minimum absolute atomic E-state index is 0.0487. The molecule has 0 aliphatic rings. The fraction of sp³-hybridized carbons (Fsp3) is 0.0526. The van der Waals surface area contributed by atoms with Crippen LogP contribution in [0, 0.1) is 21.4 Å². The number of carbonyl (C=O) groups is 1. The van der Waals surface area contributed by atoms with E-state index in [-0.39, 0.29) is 23.5 Å². The van der Waals surface area contributed by atoms with Gasteiger partial charge >= 0.3 is 0 Å². The number of nitriles is 1. The summed E-state index contributed by atoms with van der Waals surface area (Å²) in [5, 5.41) is 22.4. The van der Waals surface area contributed by atoms with Crippen LogP contribution >= 0.6 is 0 Å². The Labute approximate surface area is 158 Å². The number of hydrogen-bond acceptors (Lipinski definition) is 6. The van der Waals surface area contributed by atoms with Crippen molar-refractivity contribution in [3.8, 4) is 17.3 Å². The lowest BCUT2D eigenvalue weighted by atomic mass is 10.1. The second-order valence-electron chi connectivity index (χ2n) is 5.75. The SMILES string of the molecule is N#Cc1cc([N+](=O)[O-])ccc1NC(=O)Cn1cnc(-c2ccccc2)cc1=O. The Morgan fingerprint density at radius 1 is 1.21 bits per heavy atom. The Kier molecular flexibility index (Phi) is 5.23. The average molecular weight is 375 g/mol. The summed E-state index contributed by atoms with van der Waals surface area (Å²) in [6.07, 6.45) is 1.27. The maximum atomic E-state index is 12.3. The molecule has 0 atom stereocenters. The molecule has 3 rings (SSSR count). The number of aromatic nitrogens is 2. The summed E-state index contributed by atoms with van der Waals surface area (Å²) >= 11 is 0. The van der Waals surface area contributed by atoms with E-state index in [2.05, 4.69) is 10.3 Å². The molecular weight excluding hydrogens is 362 g/mol. The number of nitrogens with one attached hydrogen (secondary N) is 1. The van der Waals surface area contributed by atoms with Crippen LogP contribution < -0.4 is 10.9 Å². The van der Waals surface area contributed by atoms with Crippen LogP contribution in [0.5, 0.6) is 0 Å². The topological polar surface area (TPSA) is 131 Å². The molecule has 2 aromatic carbocycles. The highest BCUT2D eigenvalue weighted by Gasteiger charge is 2.13. The Hall–Kier alpha value is -4.32. The van der Waals surface area contributed by atoms with Gasteiger partial charge in [0.2, 0.25) is 5.91 Å². The maximum absolute atomic E-state index is 12.3. The maximum Gasteiger partial charge on any atom is 0.270 e. The number of nitro groups is 1. The molecule has 138 valence electrons. The molecule has 9 heteroatoms. The van der Waals surface area contributed by atoms with Crippen molar-refractivity contribution in [2.75, 3.05) is 5.32 Å². The van der Waals surface area contributed by atoms with Crippen molar-refractivity contribution in [1.82, 2.24) is 9.55 Å². The van der Waals surface area contributed by atoms with Gasteiger partial charge in [0.25, 0.3) is 11.2 Å². The molecule has 0 radical (unpaired) electrons. The number of benzene rings is 2. The number of rotatable bonds is 5. The molecule has 0 saturated heterocycles. The first kappa shape index (κ1) is 18.5. The van der Waals surface area contributed by atoms with Gasteiger partial charge in [0, 0.05) is 23.8 Å². The lowest BCUT2D eigenvalue weighted by Crippen LogP contribution is -2.27. The first-order valence-corrected chi connectivity index (χ1v) is 8.08. The molecule has 28 heavy (non-hydrogen) atoms. The molecule has 0 fully saturated rings. The van der Waals surface area contributed by atoms with Crippen LogP contribution in [0.3, 0.4) is 0 Å². The van der Waals surface area contributed by atoms with Crippen LogP contribution in [0.4, 0.5) is 11.4 Å². The molecule has 0 spiro atoms. The van der Waals surface area contributed by atoms with Gasteiger partial charge in [-0.15, -0.1) is 0 Å². The number of non-ortho nitro benzene ring substituents is 1. The van der Waals surface area contributed by atoms with Gasteiger partial charge in [0.05, 0.1) is 28.2 Å². The van der Waals surface area contributed by atoms with Crippen LogP contribution in [0.25, 0.3) is 11.3 Å². The van der Waals surface area contributed by atoms with Gasteiger partial charge in [0.1, 0.15) is 12.6 Å². The van der Waals surface area contributed by atoms with Crippen molar-refractivity contribution >= 4 is 17.3 Å². The highest BCUT2D eigenvalue weighted by molar-refractivity contribution is 5.92. The van der Waals surface area contributed by atoms with Gasteiger partial charge in [0.15, 0.2) is 0 Å². The van der Waals surface area contributed by atoms with Gasteiger partial charge in [-0.1, -0.05) is 30.3 Å². The minimum Gasteiger partial charge on any atom is -0.323 e. The fourth-order valence-electron chi connectivity index (χ4n) is 2.50. The molecule has 0 saturated carbocycles. The fourth-order valence-corrected chi connectivity index (χ4v) is 2.50. The number of amides is 1. The summed E-state index contributed by atoms with van der Waals surface area (Å²) < 4.78 is 1.12. The molecule has 0 aliphatic heterocycles. The van der Waals surface area contributed by atoms with Crippen molar-refractivity contribution in [2.24, 2.45) is 0 Å². The summed E-state index contributed by atoms with van der Waals surface area (Å²) in [6.45, 7) is -0.317. The van der Waals surface area contributed by atoms with Crippen LogP contribution in [-0.4, -0.2) is 20.4 Å². The third-order valence-electron chi connectivity index (χ3n) is 3.87. The van der Waals surface area contributed by atoms with E-state index in [1.807, 2.05) is 30.3 Å². The van der Waals surface area contributed by atoms with Gasteiger partial charge < -0.3 is 5.32 Å². The standard InChI is InChI=1S/C19H13N5O4/c20-10-14-8-15(24(27)28)6-7-16(14)22-18(25)11-23-12-21-17(9-19(23)26)13-4-2-1-3-5-13/h1-9,12H,11H2,(H,22,25). The van der Waals surface area contributed by atoms with Crippen molar-refractivity contribution < 1.29 is 9.72 Å². The number of nitro benzene ring substituents is 1. The minimum atomic E-state index is -0.633.